The van der Waals surface area contributed by atoms with Gasteiger partial charge in [0.05, 0.1) is 23.0 Å². The van der Waals surface area contributed by atoms with Gasteiger partial charge in [-0.05, 0) is 25.5 Å². The molecule has 0 fully saturated rings. The van der Waals surface area contributed by atoms with Crippen LogP contribution in [-0.2, 0) is 23.5 Å². The Balaban J connectivity index is 1.55. The fraction of sp³-hybridized carbons (Fsp3) is 0.333. The molecule has 136 valence electrons. The number of nitrogens with one attached hydrogen (secondary N) is 1. The predicted octanol–water partition coefficient (Wildman–Crippen LogP) is 2.06. The summed E-state index contributed by atoms with van der Waals surface area (Å²) in [7, 11) is -1.65. The average Bonchev–Trinajstić information content (AvgIpc) is 3.30. The van der Waals surface area contributed by atoms with Gasteiger partial charge in [0.2, 0.25) is 10.0 Å². The van der Waals surface area contributed by atoms with Crippen LogP contribution in [0.4, 0.5) is 0 Å². The Morgan fingerprint density at radius 2 is 2.00 bits per heavy atom. The molecule has 0 saturated heterocycles. The van der Waals surface area contributed by atoms with Gasteiger partial charge in [0.25, 0.3) is 0 Å². The number of hydrogen-bond acceptors (Lipinski definition) is 4. The van der Waals surface area contributed by atoms with E-state index in [4.69, 9.17) is 0 Å². The minimum atomic E-state index is -3.52. The van der Waals surface area contributed by atoms with E-state index in [1.165, 1.54) is 0 Å². The number of hydrogen-bond donors (Lipinski definition) is 1. The van der Waals surface area contributed by atoms with E-state index in [0.717, 1.165) is 35.5 Å². The molecule has 0 radical (unpaired) electrons. The Kier molecular flexibility index (Phi) is 4.16. The number of imidazole rings is 1. The standard InChI is InChI=1S/C18H21N5O2S/c1-13-3-6-16(7-4-13)26(24,25)21-10-15-5-8-18-19-11-17(23(15)18)14-9-20-22(2)12-14/h3-4,6-7,9,11-12,15,21H,5,8,10H2,1-2H3. The van der Waals surface area contributed by atoms with Crippen LogP contribution in [0.2, 0.25) is 0 Å². The van der Waals surface area contributed by atoms with Gasteiger partial charge in [-0.15, -0.1) is 0 Å². The maximum absolute atomic E-state index is 12.6. The van der Waals surface area contributed by atoms with Crippen molar-refractivity contribution in [1.29, 1.82) is 0 Å². The van der Waals surface area contributed by atoms with Crippen molar-refractivity contribution in [3.8, 4) is 11.3 Å². The summed E-state index contributed by atoms with van der Waals surface area (Å²) in [5.74, 6) is 0.989. The van der Waals surface area contributed by atoms with Gasteiger partial charge in [0.1, 0.15) is 5.82 Å². The Morgan fingerprint density at radius 1 is 1.23 bits per heavy atom. The van der Waals surface area contributed by atoms with E-state index < -0.39 is 10.0 Å². The first-order chi connectivity index (χ1) is 12.4. The highest BCUT2D eigenvalue weighted by Gasteiger charge is 2.28. The maximum atomic E-state index is 12.6. The van der Waals surface area contributed by atoms with Gasteiger partial charge >= 0.3 is 0 Å². The molecule has 7 nitrogen and oxygen atoms in total. The predicted molar refractivity (Wildman–Crippen MR) is 98.2 cm³/mol. The smallest absolute Gasteiger partial charge is 0.240 e. The van der Waals surface area contributed by atoms with Crippen LogP contribution in [0.1, 0.15) is 23.9 Å². The molecule has 1 aliphatic rings. The van der Waals surface area contributed by atoms with Crippen LogP contribution >= 0.6 is 0 Å². The summed E-state index contributed by atoms with van der Waals surface area (Å²) in [6, 6.07) is 6.92. The van der Waals surface area contributed by atoms with Crippen LogP contribution in [0, 0.1) is 6.92 Å². The van der Waals surface area contributed by atoms with E-state index in [2.05, 4.69) is 19.4 Å². The van der Waals surface area contributed by atoms with Crippen molar-refractivity contribution in [2.75, 3.05) is 6.54 Å². The Hall–Kier alpha value is -2.45. The zero-order chi connectivity index (χ0) is 18.3. The van der Waals surface area contributed by atoms with E-state index in [1.807, 2.05) is 26.4 Å². The van der Waals surface area contributed by atoms with Crippen LogP contribution in [0.25, 0.3) is 11.3 Å². The minimum absolute atomic E-state index is 0.0444. The molecule has 8 heteroatoms. The van der Waals surface area contributed by atoms with Gasteiger partial charge in [-0.25, -0.2) is 18.1 Å². The Morgan fingerprint density at radius 3 is 2.69 bits per heavy atom. The minimum Gasteiger partial charge on any atom is -0.323 e. The number of fused-ring (bicyclic) bond motifs is 1. The van der Waals surface area contributed by atoms with Gasteiger partial charge in [-0.3, -0.25) is 4.68 Å². The second-order valence-electron chi connectivity index (χ2n) is 6.69. The summed E-state index contributed by atoms with van der Waals surface area (Å²) in [6.07, 6.45) is 7.29. The molecule has 1 N–H and O–H groups in total. The zero-order valence-electron chi connectivity index (χ0n) is 14.8. The molecule has 1 unspecified atom stereocenters. The molecule has 1 aliphatic heterocycles. The second kappa shape index (κ2) is 6.37. The summed E-state index contributed by atoms with van der Waals surface area (Å²) < 4.78 is 31.8. The van der Waals surface area contributed by atoms with Crippen molar-refractivity contribution in [3.05, 3.63) is 54.2 Å². The number of nitrogens with zero attached hydrogens (tertiary/aromatic N) is 4. The van der Waals surface area contributed by atoms with Crippen molar-refractivity contribution in [2.24, 2.45) is 7.05 Å². The Labute approximate surface area is 152 Å². The first-order valence-corrected chi connectivity index (χ1v) is 10.0. The molecule has 1 atom stereocenters. The van der Waals surface area contributed by atoms with Crippen LogP contribution < -0.4 is 4.72 Å². The van der Waals surface area contributed by atoms with E-state index in [0.29, 0.717) is 11.4 Å². The van der Waals surface area contributed by atoms with Gasteiger partial charge in [-0.2, -0.15) is 5.10 Å². The van der Waals surface area contributed by atoms with Gasteiger partial charge in [0, 0.05) is 37.8 Å². The molecule has 4 rings (SSSR count). The van der Waals surface area contributed by atoms with Crippen molar-refractivity contribution in [2.45, 2.75) is 30.7 Å². The number of benzene rings is 1. The summed E-state index contributed by atoms with van der Waals surface area (Å²) in [4.78, 5) is 4.78. The first-order valence-electron chi connectivity index (χ1n) is 8.55. The van der Waals surface area contributed by atoms with Gasteiger partial charge in [0.15, 0.2) is 0 Å². The molecule has 0 saturated carbocycles. The van der Waals surface area contributed by atoms with E-state index >= 15 is 0 Å². The van der Waals surface area contributed by atoms with E-state index in [1.54, 1.807) is 35.1 Å². The zero-order valence-corrected chi connectivity index (χ0v) is 15.6. The fourth-order valence-electron chi connectivity index (χ4n) is 3.38. The molecular formula is C18H21N5O2S. The molecule has 0 amide bonds. The summed E-state index contributed by atoms with van der Waals surface area (Å²) in [5, 5.41) is 4.22. The molecule has 2 aromatic heterocycles. The highest BCUT2D eigenvalue weighted by Crippen LogP contribution is 2.32. The van der Waals surface area contributed by atoms with Crippen LogP contribution in [0.15, 0.2) is 47.8 Å². The van der Waals surface area contributed by atoms with Crippen LogP contribution in [0.3, 0.4) is 0 Å². The highest BCUT2D eigenvalue weighted by atomic mass is 32.2. The van der Waals surface area contributed by atoms with Crippen molar-refractivity contribution in [3.63, 3.8) is 0 Å². The van der Waals surface area contributed by atoms with E-state index in [9.17, 15) is 8.42 Å². The third-order valence-electron chi connectivity index (χ3n) is 4.78. The van der Waals surface area contributed by atoms with Crippen molar-refractivity contribution >= 4 is 10.0 Å². The molecular weight excluding hydrogens is 350 g/mol. The normalized spacial score (nSPS) is 16.8. The second-order valence-corrected chi connectivity index (χ2v) is 8.46. The molecule has 0 spiro atoms. The number of aromatic nitrogens is 4. The molecule has 26 heavy (non-hydrogen) atoms. The molecule has 0 bridgehead atoms. The summed E-state index contributed by atoms with van der Waals surface area (Å²) in [5.41, 5.74) is 2.99. The van der Waals surface area contributed by atoms with Gasteiger partial charge in [-0.1, -0.05) is 17.7 Å². The average molecular weight is 371 g/mol. The lowest BCUT2D eigenvalue weighted by atomic mass is 10.2. The SMILES string of the molecule is Cc1ccc(S(=O)(=O)NCC2CCc3ncc(-c4cnn(C)c4)n32)cc1. The fourth-order valence-corrected chi connectivity index (χ4v) is 4.46. The van der Waals surface area contributed by atoms with Crippen LogP contribution in [-0.4, -0.2) is 34.3 Å². The molecule has 3 aromatic rings. The molecule has 1 aromatic carbocycles. The number of aryl methyl sites for hydroxylation is 3. The molecule has 3 heterocycles. The van der Waals surface area contributed by atoms with Crippen LogP contribution in [0.5, 0.6) is 0 Å². The summed E-state index contributed by atoms with van der Waals surface area (Å²) in [6.45, 7) is 2.27. The lowest BCUT2D eigenvalue weighted by Crippen LogP contribution is -2.30. The Bertz CT molecular complexity index is 1030. The number of sulfonamides is 1. The lowest BCUT2D eigenvalue weighted by molar-refractivity contribution is 0.510. The quantitative estimate of drug-likeness (QED) is 0.744. The maximum Gasteiger partial charge on any atom is 0.240 e. The first kappa shape index (κ1) is 17.0. The third-order valence-corrected chi connectivity index (χ3v) is 6.22. The van der Waals surface area contributed by atoms with Gasteiger partial charge < -0.3 is 4.57 Å². The molecule has 0 aliphatic carbocycles. The lowest BCUT2D eigenvalue weighted by Gasteiger charge is -2.17. The van der Waals surface area contributed by atoms with Crippen molar-refractivity contribution in [1.82, 2.24) is 24.1 Å². The monoisotopic (exact) mass is 371 g/mol. The van der Waals surface area contributed by atoms with E-state index in [-0.39, 0.29) is 6.04 Å². The summed E-state index contributed by atoms with van der Waals surface area (Å²) >= 11 is 0. The highest BCUT2D eigenvalue weighted by molar-refractivity contribution is 7.89. The number of rotatable bonds is 5. The third kappa shape index (κ3) is 3.06. The van der Waals surface area contributed by atoms with Crippen molar-refractivity contribution < 1.29 is 8.42 Å². The largest absolute Gasteiger partial charge is 0.323 e. The topological polar surface area (TPSA) is 81.8 Å².